The van der Waals surface area contributed by atoms with Gasteiger partial charge in [-0.05, 0) is 42.4 Å². The highest BCUT2D eigenvalue weighted by Crippen LogP contribution is 2.35. The van der Waals surface area contributed by atoms with E-state index in [1.54, 1.807) is 11.1 Å². The van der Waals surface area contributed by atoms with E-state index in [-0.39, 0.29) is 0 Å². The van der Waals surface area contributed by atoms with Crippen LogP contribution in [0.1, 0.15) is 57.6 Å². The lowest BCUT2D eigenvalue weighted by Crippen LogP contribution is -1.87. The van der Waals surface area contributed by atoms with Crippen LogP contribution in [0.3, 0.4) is 0 Å². The van der Waals surface area contributed by atoms with Gasteiger partial charge in [-0.25, -0.2) is 0 Å². The minimum atomic E-state index is 1.17. The molecule has 0 nitrogen and oxygen atoms in total. The van der Waals surface area contributed by atoms with Crippen LogP contribution < -0.4 is 0 Å². The van der Waals surface area contributed by atoms with Crippen molar-refractivity contribution >= 4 is 5.57 Å². The van der Waals surface area contributed by atoms with Crippen LogP contribution in [0.15, 0.2) is 41.5 Å². The summed E-state index contributed by atoms with van der Waals surface area (Å²) in [6.45, 7) is 6.76. The number of rotatable bonds is 5. The van der Waals surface area contributed by atoms with Crippen molar-refractivity contribution in [2.45, 2.75) is 52.9 Å². The summed E-state index contributed by atoms with van der Waals surface area (Å²) in [5.74, 6) is 0. The van der Waals surface area contributed by atoms with E-state index in [1.165, 1.54) is 48.8 Å². The standard InChI is InChI=1S/C18H24/c1-4-7-15-8-10-17(11-9-15)18-13-14(5-2)12-16(18)6-3/h8-11,13H,4-7,12H2,1-3H3. The first kappa shape index (κ1) is 13.1. The molecule has 18 heavy (non-hydrogen) atoms. The fraction of sp³-hybridized carbons (Fsp3) is 0.444. The van der Waals surface area contributed by atoms with Gasteiger partial charge in [0.25, 0.3) is 0 Å². The first-order valence-corrected chi connectivity index (χ1v) is 7.29. The Morgan fingerprint density at radius 3 is 2.22 bits per heavy atom. The summed E-state index contributed by atoms with van der Waals surface area (Å²) in [6.07, 6.45) is 8.37. The Morgan fingerprint density at radius 1 is 0.944 bits per heavy atom. The zero-order chi connectivity index (χ0) is 13.0. The highest BCUT2D eigenvalue weighted by atomic mass is 14.2. The van der Waals surface area contributed by atoms with Crippen LogP contribution in [-0.2, 0) is 6.42 Å². The molecule has 0 heterocycles. The molecular formula is C18H24. The lowest BCUT2D eigenvalue weighted by atomic mass is 9.99. The Hall–Kier alpha value is -1.30. The molecule has 0 saturated carbocycles. The van der Waals surface area contributed by atoms with Gasteiger partial charge in [0.05, 0.1) is 0 Å². The summed E-state index contributed by atoms with van der Waals surface area (Å²) in [6, 6.07) is 9.17. The highest BCUT2D eigenvalue weighted by Gasteiger charge is 2.14. The van der Waals surface area contributed by atoms with Crippen molar-refractivity contribution in [2.24, 2.45) is 0 Å². The second kappa shape index (κ2) is 6.04. The van der Waals surface area contributed by atoms with Gasteiger partial charge in [0.1, 0.15) is 0 Å². The van der Waals surface area contributed by atoms with Crippen LogP contribution in [0, 0.1) is 0 Å². The molecule has 2 rings (SSSR count). The maximum Gasteiger partial charge on any atom is -0.00961 e. The minimum absolute atomic E-state index is 1.17. The largest absolute Gasteiger partial charge is 0.0658 e. The van der Waals surface area contributed by atoms with E-state index in [0.717, 1.165) is 0 Å². The predicted octanol–water partition coefficient (Wildman–Crippen LogP) is 5.54. The fourth-order valence-corrected chi connectivity index (χ4v) is 2.70. The van der Waals surface area contributed by atoms with Gasteiger partial charge in [-0.1, -0.05) is 68.7 Å². The lowest BCUT2D eigenvalue weighted by Gasteiger charge is -2.06. The molecule has 0 atom stereocenters. The molecule has 1 aromatic rings. The van der Waals surface area contributed by atoms with Gasteiger partial charge < -0.3 is 0 Å². The first-order valence-electron chi connectivity index (χ1n) is 7.29. The van der Waals surface area contributed by atoms with E-state index in [4.69, 9.17) is 0 Å². The number of hydrogen-bond acceptors (Lipinski definition) is 0. The van der Waals surface area contributed by atoms with Crippen LogP contribution >= 0.6 is 0 Å². The molecule has 0 heteroatoms. The first-order chi connectivity index (χ1) is 8.78. The van der Waals surface area contributed by atoms with Gasteiger partial charge in [0, 0.05) is 0 Å². The molecule has 0 fully saturated rings. The van der Waals surface area contributed by atoms with Crippen molar-refractivity contribution in [3.63, 3.8) is 0 Å². The predicted molar refractivity (Wildman–Crippen MR) is 80.6 cm³/mol. The molecule has 0 bridgehead atoms. The maximum absolute atomic E-state index is 2.41. The van der Waals surface area contributed by atoms with Crippen molar-refractivity contribution in [3.8, 4) is 0 Å². The topological polar surface area (TPSA) is 0 Å². The number of aryl methyl sites for hydroxylation is 1. The quantitative estimate of drug-likeness (QED) is 0.633. The molecule has 0 N–H and O–H groups in total. The van der Waals surface area contributed by atoms with Gasteiger partial charge in [-0.2, -0.15) is 0 Å². The summed E-state index contributed by atoms with van der Waals surface area (Å²) in [4.78, 5) is 0. The number of allylic oxidation sites excluding steroid dienone is 4. The summed E-state index contributed by atoms with van der Waals surface area (Å²) >= 11 is 0. The molecule has 0 radical (unpaired) electrons. The molecule has 0 unspecified atom stereocenters. The third kappa shape index (κ3) is 2.75. The van der Waals surface area contributed by atoms with Crippen molar-refractivity contribution in [1.82, 2.24) is 0 Å². The maximum atomic E-state index is 2.41. The Labute approximate surface area is 111 Å². The van der Waals surface area contributed by atoms with Crippen LogP contribution in [0.4, 0.5) is 0 Å². The van der Waals surface area contributed by atoms with Gasteiger partial charge in [0.15, 0.2) is 0 Å². The van der Waals surface area contributed by atoms with Crippen molar-refractivity contribution < 1.29 is 0 Å². The molecule has 96 valence electrons. The van der Waals surface area contributed by atoms with E-state index in [2.05, 4.69) is 51.1 Å². The molecule has 1 aliphatic rings. The van der Waals surface area contributed by atoms with Crippen LogP contribution in [0.25, 0.3) is 5.57 Å². The van der Waals surface area contributed by atoms with E-state index in [0.29, 0.717) is 0 Å². The second-order valence-corrected chi connectivity index (χ2v) is 5.15. The molecule has 0 saturated heterocycles. The summed E-state index contributed by atoms with van der Waals surface area (Å²) in [5, 5.41) is 0. The van der Waals surface area contributed by atoms with Gasteiger partial charge in [-0.3, -0.25) is 0 Å². The Morgan fingerprint density at radius 2 is 1.67 bits per heavy atom. The van der Waals surface area contributed by atoms with Crippen molar-refractivity contribution in [1.29, 1.82) is 0 Å². The molecule has 1 aromatic carbocycles. The molecular weight excluding hydrogens is 216 g/mol. The average molecular weight is 240 g/mol. The van der Waals surface area contributed by atoms with Crippen molar-refractivity contribution in [3.05, 3.63) is 52.6 Å². The number of hydrogen-bond donors (Lipinski definition) is 0. The zero-order valence-electron chi connectivity index (χ0n) is 11.9. The Balaban J connectivity index is 2.26. The van der Waals surface area contributed by atoms with Gasteiger partial charge in [-0.15, -0.1) is 0 Å². The Kier molecular flexibility index (Phi) is 4.41. The lowest BCUT2D eigenvalue weighted by molar-refractivity contribution is 0.921. The van der Waals surface area contributed by atoms with Crippen molar-refractivity contribution in [2.75, 3.05) is 0 Å². The normalized spacial score (nSPS) is 15.2. The molecule has 1 aliphatic carbocycles. The van der Waals surface area contributed by atoms with Gasteiger partial charge >= 0.3 is 0 Å². The SMILES string of the molecule is CCCc1ccc(C2=C(CC)CC(CC)=C2)cc1. The summed E-state index contributed by atoms with van der Waals surface area (Å²) in [7, 11) is 0. The van der Waals surface area contributed by atoms with E-state index in [9.17, 15) is 0 Å². The summed E-state index contributed by atoms with van der Waals surface area (Å²) < 4.78 is 0. The molecule has 0 spiro atoms. The van der Waals surface area contributed by atoms with Gasteiger partial charge in [0.2, 0.25) is 0 Å². The zero-order valence-corrected chi connectivity index (χ0v) is 11.9. The molecule has 0 amide bonds. The van der Waals surface area contributed by atoms with E-state index in [1.807, 2.05) is 0 Å². The van der Waals surface area contributed by atoms with Crippen LogP contribution in [-0.4, -0.2) is 0 Å². The van der Waals surface area contributed by atoms with Crippen LogP contribution in [0.5, 0.6) is 0 Å². The third-order valence-corrected chi connectivity index (χ3v) is 3.85. The van der Waals surface area contributed by atoms with Crippen LogP contribution in [0.2, 0.25) is 0 Å². The third-order valence-electron chi connectivity index (χ3n) is 3.85. The average Bonchev–Trinajstić information content (AvgIpc) is 2.83. The monoisotopic (exact) mass is 240 g/mol. The molecule has 0 aliphatic heterocycles. The van der Waals surface area contributed by atoms with E-state index < -0.39 is 0 Å². The number of benzene rings is 1. The smallest absolute Gasteiger partial charge is 0.00961 e. The highest BCUT2D eigenvalue weighted by molar-refractivity contribution is 5.80. The minimum Gasteiger partial charge on any atom is -0.0658 e. The van der Waals surface area contributed by atoms with E-state index >= 15 is 0 Å². The second-order valence-electron chi connectivity index (χ2n) is 5.15. The molecule has 0 aromatic heterocycles. The Bertz CT molecular complexity index is 457. The fourth-order valence-electron chi connectivity index (χ4n) is 2.70. The summed E-state index contributed by atoms with van der Waals surface area (Å²) in [5.41, 5.74) is 7.53.